The molecule has 226 valence electrons. The van der Waals surface area contributed by atoms with E-state index in [-0.39, 0.29) is 57.0 Å². The third-order valence-electron chi connectivity index (χ3n) is 13.0. The Labute approximate surface area is 252 Å². The smallest absolute Gasteiger partial charge is 0.238 e. The lowest BCUT2D eigenvalue weighted by molar-refractivity contribution is -0.164. The van der Waals surface area contributed by atoms with Gasteiger partial charge in [0.15, 0.2) is 11.6 Å². The van der Waals surface area contributed by atoms with Crippen molar-refractivity contribution in [1.29, 1.82) is 5.26 Å². The van der Waals surface area contributed by atoms with Crippen LogP contribution in [0, 0.1) is 61.6 Å². The maximum Gasteiger partial charge on any atom is 0.238 e. The van der Waals surface area contributed by atoms with Crippen molar-refractivity contribution in [3.8, 4) is 6.07 Å². The highest BCUT2D eigenvalue weighted by Crippen LogP contribution is 2.74. The van der Waals surface area contributed by atoms with Gasteiger partial charge in [-0.3, -0.25) is 19.0 Å². The number of carbonyl (C=O) groups excluding carboxylic acids is 3. The van der Waals surface area contributed by atoms with Crippen LogP contribution in [-0.4, -0.2) is 27.0 Å². The third kappa shape index (κ3) is 3.80. The standard InChI is InChI=1S/C34H43N3O3.C2H6/c1-29(2)10-12-34(28(40)37-15-14-36-20-37)13-11-33(7)26(22(34)18-29)23(38)16-25-31(5)17-21(19-35)27(39)30(3,4)24(31)8-9-32(25,33)6;1-2/h14-17,20,22,24,26H,8-13,18H2,1-7H3;1-2H3/t22?,24?,26?,31-,32+,33+,34-;/m0./s1. The molecule has 0 N–H and O–H groups in total. The molecule has 0 aromatic carbocycles. The molecule has 0 bridgehead atoms. The van der Waals surface area contributed by atoms with Crippen LogP contribution in [0.4, 0.5) is 0 Å². The van der Waals surface area contributed by atoms with E-state index < -0.39 is 16.2 Å². The molecule has 5 aliphatic rings. The molecule has 3 unspecified atom stereocenters. The zero-order valence-electron chi connectivity index (χ0n) is 27.1. The second-order valence-corrected chi connectivity index (χ2v) is 15.7. The number of nitriles is 1. The van der Waals surface area contributed by atoms with Gasteiger partial charge in [-0.05, 0) is 79.1 Å². The van der Waals surface area contributed by atoms with Gasteiger partial charge in [0.25, 0.3) is 0 Å². The average Bonchev–Trinajstić information content (AvgIpc) is 3.48. The second kappa shape index (κ2) is 9.60. The van der Waals surface area contributed by atoms with E-state index in [1.54, 1.807) is 23.3 Å². The molecule has 0 spiro atoms. The van der Waals surface area contributed by atoms with E-state index in [1.165, 1.54) is 0 Å². The van der Waals surface area contributed by atoms with Crippen molar-refractivity contribution < 1.29 is 14.4 Å². The van der Waals surface area contributed by atoms with Gasteiger partial charge in [-0.15, -0.1) is 0 Å². The largest absolute Gasteiger partial charge is 0.295 e. The third-order valence-corrected chi connectivity index (χ3v) is 13.0. The van der Waals surface area contributed by atoms with Crippen LogP contribution in [0.15, 0.2) is 42.0 Å². The van der Waals surface area contributed by atoms with Gasteiger partial charge in [-0.2, -0.15) is 5.26 Å². The van der Waals surface area contributed by atoms with Crippen LogP contribution in [0.1, 0.15) is 112 Å². The van der Waals surface area contributed by atoms with Crippen LogP contribution in [0.3, 0.4) is 0 Å². The first-order valence-electron chi connectivity index (χ1n) is 16.0. The number of carbonyl (C=O) groups is 3. The van der Waals surface area contributed by atoms with Gasteiger partial charge in [-0.1, -0.05) is 74.0 Å². The average molecular weight is 572 g/mol. The molecule has 7 atom stereocenters. The van der Waals surface area contributed by atoms with Gasteiger partial charge in [0.05, 0.1) is 11.0 Å². The maximum atomic E-state index is 14.6. The highest BCUT2D eigenvalue weighted by Gasteiger charge is 2.70. The fourth-order valence-electron chi connectivity index (χ4n) is 10.6. The predicted octanol–water partition coefficient (Wildman–Crippen LogP) is 7.77. The maximum absolute atomic E-state index is 14.6. The zero-order chi connectivity index (χ0) is 31.1. The van der Waals surface area contributed by atoms with E-state index in [2.05, 4.69) is 45.7 Å². The predicted molar refractivity (Wildman–Crippen MR) is 163 cm³/mol. The lowest BCUT2D eigenvalue weighted by atomic mass is 9.34. The molecule has 1 aromatic heterocycles. The molecule has 3 saturated carbocycles. The molecular weight excluding hydrogens is 522 g/mol. The molecule has 0 aliphatic heterocycles. The summed E-state index contributed by atoms with van der Waals surface area (Å²) in [4.78, 5) is 46.2. The van der Waals surface area contributed by atoms with Crippen LogP contribution in [0.25, 0.3) is 0 Å². The van der Waals surface area contributed by atoms with Crippen molar-refractivity contribution in [3.05, 3.63) is 42.0 Å². The van der Waals surface area contributed by atoms with E-state index in [0.717, 1.165) is 50.5 Å². The van der Waals surface area contributed by atoms with Gasteiger partial charge in [0.2, 0.25) is 5.91 Å². The SMILES string of the molecule is CC.CC1(C)CC[C@]2(C(=O)n3ccnc3)CC[C@]3(C)C(C(=O)C=C4[C@@]5(C)C=C(C#N)C(=O)C(C)(C)C5CC[C@]43C)C2C1. The van der Waals surface area contributed by atoms with E-state index >= 15 is 0 Å². The summed E-state index contributed by atoms with van der Waals surface area (Å²) in [5, 5.41) is 9.92. The summed E-state index contributed by atoms with van der Waals surface area (Å²) in [6.45, 7) is 19.3. The molecule has 1 aromatic rings. The topological polar surface area (TPSA) is 92.8 Å². The van der Waals surface area contributed by atoms with Crippen molar-refractivity contribution in [2.24, 2.45) is 50.2 Å². The minimum absolute atomic E-state index is 0.0241. The summed E-state index contributed by atoms with van der Waals surface area (Å²) < 4.78 is 1.64. The van der Waals surface area contributed by atoms with Gasteiger partial charge in [-0.25, -0.2) is 4.98 Å². The number of Topliss-reactive ketones (excluding diaryl/α,β-unsaturated/α-hetero) is 1. The quantitative estimate of drug-likeness (QED) is 0.343. The van der Waals surface area contributed by atoms with Gasteiger partial charge < -0.3 is 0 Å². The van der Waals surface area contributed by atoms with Crippen molar-refractivity contribution in [1.82, 2.24) is 9.55 Å². The van der Waals surface area contributed by atoms with Gasteiger partial charge in [0.1, 0.15) is 12.4 Å². The van der Waals surface area contributed by atoms with Gasteiger partial charge in [0, 0.05) is 29.1 Å². The number of nitrogens with zero attached hydrogens (tertiary/aromatic N) is 3. The summed E-state index contributed by atoms with van der Waals surface area (Å²) in [7, 11) is 0. The van der Waals surface area contributed by atoms with Crippen molar-refractivity contribution in [3.63, 3.8) is 0 Å². The number of fused-ring (bicyclic) bond motifs is 7. The highest BCUT2D eigenvalue weighted by molar-refractivity contribution is 6.04. The van der Waals surface area contributed by atoms with E-state index in [4.69, 9.17) is 0 Å². The van der Waals surface area contributed by atoms with E-state index in [0.29, 0.717) is 0 Å². The first-order valence-corrected chi connectivity index (χ1v) is 16.0. The Balaban J connectivity index is 0.00000173. The molecule has 42 heavy (non-hydrogen) atoms. The monoisotopic (exact) mass is 571 g/mol. The number of hydrogen-bond acceptors (Lipinski definition) is 5. The lowest BCUT2D eigenvalue weighted by Crippen LogP contribution is -2.66. The number of imidazole rings is 1. The van der Waals surface area contributed by atoms with Gasteiger partial charge >= 0.3 is 0 Å². The summed E-state index contributed by atoms with van der Waals surface area (Å²) in [5.74, 6) is -0.144. The van der Waals surface area contributed by atoms with E-state index in [1.807, 2.05) is 39.8 Å². The first-order chi connectivity index (χ1) is 19.6. The minimum atomic E-state index is -0.677. The summed E-state index contributed by atoms with van der Waals surface area (Å²) in [5.41, 5.74) is -1.05. The Morgan fingerprint density at radius 3 is 2.29 bits per heavy atom. The molecule has 5 aliphatic carbocycles. The Kier molecular flexibility index (Phi) is 7.00. The molecule has 0 amide bonds. The fraction of sp³-hybridized carbons (Fsp3) is 0.694. The molecule has 3 fully saturated rings. The van der Waals surface area contributed by atoms with Crippen LogP contribution < -0.4 is 0 Å². The van der Waals surface area contributed by atoms with Crippen LogP contribution in [0.5, 0.6) is 0 Å². The number of ketones is 2. The molecule has 6 heteroatoms. The van der Waals surface area contributed by atoms with Crippen LogP contribution >= 0.6 is 0 Å². The summed E-state index contributed by atoms with van der Waals surface area (Å²) >= 11 is 0. The number of rotatable bonds is 1. The Morgan fingerprint density at radius 2 is 1.67 bits per heavy atom. The normalized spacial score (nSPS) is 41.3. The molecule has 0 saturated heterocycles. The Morgan fingerprint density at radius 1 is 1.00 bits per heavy atom. The summed E-state index contributed by atoms with van der Waals surface area (Å²) in [6, 6.07) is 2.18. The Bertz CT molecular complexity index is 1420. The zero-order valence-corrected chi connectivity index (χ0v) is 27.1. The highest BCUT2D eigenvalue weighted by atomic mass is 16.2. The Hall–Kier alpha value is -2.81. The molecule has 1 heterocycles. The summed E-state index contributed by atoms with van der Waals surface area (Å²) in [6.07, 6.45) is 14.7. The number of allylic oxidation sites excluding steroid dienone is 4. The molecule has 6 nitrogen and oxygen atoms in total. The molecule has 0 radical (unpaired) electrons. The number of aromatic nitrogens is 2. The molecular formula is C36H49N3O3. The first kappa shape index (κ1) is 30.6. The van der Waals surface area contributed by atoms with Crippen molar-refractivity contribution in [2.75, 3.05) is 0 Å². The lowest BCUT2D eigenvalue weighted by Gasteiger charge is -2.69. The number of hydrogen-bond donors (Lipinski definition) is 0. The second-order valence-electron chi connectivity index (χ2n) is 15.7. The van der Waals surface area contributed by atoms with E-state index in [9.17, 15) is 19.6 Å². The fourth-order valence-corrected chi connectivity index (χ4v) is 10.6. The molecule has 6 rings (SSSR count). The van der Waals surface area contributed by atoms with Crippen molar-refractivity contribution >= 4 is 17.5 Å². The van der Waals surface area contributed by atoms with Crippen molar-refractivity contribution in [2.45, 2.75) is 107 Å². The minimum Gasteiger partial charge on any atom is -0.295 e. The van der Waals surface area contributed by atoms with Crippen LogP contribution in [0.2, 0.25) is 0 Å². The van der Waals surface area contributed by atoms with Crippen LogP contribution in [-0.2, 0) is 9.59 Å².